The Balaban J connectivity index is 2.27. The molecule has 0 atom stereocenters. The number of nitrogens with zero attached hydrogens (tertiary/aromatic N) is 1. The normalized spacial score (nSPS) is 17.2. The quantitative estimate of drug-likeness (QED) is 0.744. The van der Waals surface area contributed by atoms with Crippen molar-refractivity contribution in [1.82, 2.24) is 10.2 Å². The predicted octanol–water partition coefficient (Wildman–Crippen LogP) is 1.22. The molecule has 1 aliphatic rings. The summed E-state index contributed by atoms with van der Waals surface area (Å²) in [5, 5.41) is 2.88. The lowest BCUT2D eigenvalue weighted by molar-refractivity contribution is 0.0245. The van der Waals surface area contributed by atoms with Crippen LogP contribution in [0.1, 0.15) is 26.7 Å². The Morgan fingerprint density at radius 1 is 1.43 bits per heavy atom. The van der Waals surface area contributed by atoms with Gasteiger partial charge < -0.3 is 15.0 Å². The minimum absolute atomic E-state index is 0.0348. The number of nitrogens with one attached hydrogen (secondary N) is 1. The molecular formula is C10H20N2O2. The molecule has 0 radical (unpaired) electrons. The molecule has 0 saturated carbocycles. The van der Waals surface area contributed by atoms with E-state index in [4.69, 9.17) is 4.74 Å². The van der Waals surface area contributed by atoms with E-state index in [0.29, 0.717) is 6.54 Å². The van der Waals surface area contributed by atoms with Crippen LogP contribution < -0.4 is 5.32 Å². The van der Waals surface area contributed by atoms with Crippen molar-refractivity contribution in [3.63, 3.8) is 0 Å². The third-order valence-electron chi connectivity index (χ3n) is 2.61. The second-order valence-electron chi connectivity index (χ2n) is 4.32. The van der Waals surface area contributed by atoms with Crippen molar-refractivity contribution in [2.24, 2.45) is 0 Å². The topological polar surface area (TPSA) is 41.6 Å². The molecule has 4 nitrogen and oxygen atoms in total. The van der Waals surface area contributed by atoms with Crippen molar-refractivity contribution in [3.05, 3.63) is 0 Å². The molecular weight excluding hydrogens is 180 g/mol. The molecule has 0 unspecified atom stereocenters. The van der Waals surface area contributed by atoms with Gasteiger partial charge in [0.2, 0.25) is 0 Å². The molecule has 1 heterocycles. The summed E-state index contributed by atoms with van der Waals surface area (Å²) in [7, 11) is 1.65. The number of methoxy groups -OCH3 is 1. The average molecular weight is 200 g/mol. The number of carbonyl (C=O) groups excluding carboxylic acids is 1. The highest BCUT2D eigenvalue weighted by Gasteiger charge is 2.21. The van der Waals surface area contributed by atoms with Gasteiger partial charge in [-0.05, 0) is 26.7 Å². The highest BCUT2D eigenvalue weighted by molar-refractivity contribution is 5.74. The van der Waals surface area contributed by atoms with Crippen molar-refractivity contribution >= 4 is 6.03 Å². The SMILES string of the molecule is COC(C)(C)CNC(=O)N1CCCC1. The first-order chi connectivity index (χ1) is 6.55. The van der Waals surface area contributed by atoms with E-state index in [0.717, 1.165) is 25.9 Å². The maximum atomic E-state index is 11.6. The Kier molecular flexibility index (Phi) is 3.75. The van der Waals surface area contributed by atoms with E-state index in [1.54, 1.807) is 7.11 Å². The molecule has 2 amide bonds. The van der Waals surface area contributed by atoms with E-state index >= 15 is 0 Å². The van der Waals surface area contributed by atoms with Crippen LogP contribution in [0.2, 0.25) is 0 Å². The van der Waals surface area contributed by atoms with E-state index in [9.17, 15) is 4.79 Å². The molecule has 1 rings (SSSR count). The zero-order chi connectivity index (χ0) is 10.6. The van der Waals surface area contributed by atoms with Gasteiger partial charge in [0.25, 0.3) is 0 Å². The van der Waals surface area contributed by atoms with Crippen LogP contribution in [0.4, 0.5) is 4.79 Å². The summed E-state index contributed by atoms with van der Waals surface area (Å²) in [6.07, 6.45) is 2.25. The Labute approximate surface area is 85.6 Å². The van der Waals surface area contributed by atoms with Gasteiger partial charge in [0, 0.05) is 26.7 Å². The van der Waals surface area contributed by atoms with Crippen LogP contribution in [0.15, 0.2) is 0 Å². The summed E-state index contributed by atoms with van der Waals surface area (Å²) in [6, 6.07) is 0.0348. The Bertz CT molecular complexity index is 198. The van der Waals surface area contributed by atoms with Crippen molar-refractivity contribution in [3.8, 4) is 0 Å². The lowest BCUT2D eigenvalue weighted by Gasteiger charge is -2.25. The van der Waals surface area contributed by atoms with Crippen LogP contribution in [-0.4, -0.2) is 43.3 Å². The van der Waals surface area contributed by atoms with Gasteiger partial charge in [-0.2, -0.15) is 0 Å². The monoisotopic (exact) mass is 200 g/mol. The molecule has 0 bridgehead atoms. The Morgan fingerprint density at radius 3 is 2.50 bits per heavy atom. The van der Waals surface area contributed by atoms with Crippen LogP contribution >= 0.6 is 0 Å². The van der Waals surface area contributed by atoms with Crippen LogP contribution in [0, 0.1) is 0 Å². The fourth-order valence-corrected chi connectivity index (χ4v) is 1.39. The molecule has 0 aromatic carbocycles. The van der Waals surface area contributed by atoms with Gasteiger partial charge in [-0.1, -0.05) is 0 Å². The number of likely N-dealkylation sites (tertiary alicyclic amines) is 1. The zero-order valence-corrected chi connectivity index (χ0v) is 9.30. The summed E-state index contributed by atoms with van der Waals surface area (Å²) >= 11 is 0. The molecule has 1 fully saturated rings. The second-order valence-corrected chi connectivity index (χ2v) is 4.32. The molecule has 4 heteroatoms. The number of urea groups is 1. The summed E-state index contributed by atoms with van der Waals surface area (Å²) in [4.78, 5) is 13.4. The molecule has 1 aliphatic heterocycles. The van der Waals surface area contributed by atoms with Gasteiger partial charge in [-0.15, -0.1) is 0 Å². The smallest absolute Gasteiger partial charge is 0.317 e. The molecule has 0 aromatic heterocycles. The first kappa shape index (κ1) is 11.3. The summed E-state index contributed by atoms with van der Waals surface area (Å²) in [5.74, 6) is 0. The average Bonchev–Trinajstić information content (AvgIpc) is 2.67. The third-order valence-corrected chi connectivity index (χ3v) is 2.61. The maximum absolute atomic E-state index is 11.6. The van der Waals surface area contributed by atoms with E-state index in [1.807, 2.05) is 18.7 Å². The standard InChI is InChI=1S/C10H20N2O2/c1-10(2,14-3)8-11-9(13)12-6-4-5-7-12/h4-8H2,1-3H3,(H,11,13). The van der Waals surface area contributed by atoms with Crippen molar-refractivity contribution in [2.45, 2.75) is 32.3 Å². The van der Waals surface area contributed by atoms with Crippen molar-refractivity contribution < 1.29 is 9.53 Å². The second kappa shape index (κ2) is 4.64. The van der Waals surface area contributed by atoms with Crippen LogP contribution in [-0.2, 0) is 4.74 Å². The Morgan fingerprint density at radius 2 is 2.00 bits per heavy atom. The van der Waals surface area contributed by atoms with E-state index < -0.39 is 0 Å². The zero-order valence-electron chi connectivity index (χ0n) is 9.30. The number of carbonyl (C=O) groups is 1. The molecule has 0 aromatic rings. The first-order valence-corrected chi connectivity index (χ1v) is 5.13. The van der Waals surface area contributed by atoms with Gasteiger partial charge in [0.15, 0.2) is 0 Å². The highest BCUT2D eigenvalue weighted by Crippen LogP contribution is 2.08. The molecule has 82 valence electrons. The molecule has 0 aliphatic carbocycles. The summed E-state index contributed by atoms with van der Waals surface area (Å²) in [5.41, 5.74) is -0.282. The van der Waals surface area contributed by atoms with Gasteiger partial charge >= 0.3 is 6.03 Å². The fourth-order valence-electron chi connectivity index (χ4n) is 1.39. The van der Waals surface area contributed by atoms with E-state index in [2.05, 4.69) is 5.32 Å². The van der Waals surface area contributed by atoms with Crippen LogP contribution in [0.25, 0.3) is 0 Å². The largest absolute Gasteiger partial charge is 0.377 e. The molecule has 1 N–H and O–H groups in total. The highest BCUT2D eigenvalue weighted by atomic mass is 16.5. The number of hydrogen-bond donors (Lipinski definition) is 1. The lowest BCUT2D eigenvalue weighted by Crippen LogP contribution is -2.45. The number of amides is 2. The van der Waals surface area contributed by atoms with Crippen LogP contribution in [0.3, 0.4) is 0 Å². The molecule has 14 heavy (non-hydrogen) atoms. The first-order valence-electron chi connectivity index (χ1n) is 5.13. The van der Waals surface area contributed by atoms with Crippen molar-refractivity contribution in [2.75, 3.05) is 26.7 Å². The lowest BCUT2D eigenvalue weighted by atomic mass is 10.1. The molecule has 1 saturated heterocycles. The fraction of sp³-hybridized carbons (Fsp3) is 0.900. The maximum Gasteiger partial charge on any atom is 0.317 e. The summed E-state index contributed by atoms with van der Waals surface area (Å²) < 4.78 is 5.22. The molecule has 0 spiro atoms. The number of hydrogen-bond acceptors (Lipinski definition) is 2. The van der Waals surface area contributed by atoms with Crippen LogP contribution in [0.5, 0.6) is 0 Å². The van der Waals surface area contributed by atoms with Gasteiger partial charge in [0.1, 0.15) is 0 Å². The van der Waals surface area contributed by atoms with Gasteiger partial charge in [0.05, 0.1) is 5.60 Å². The van der Waals surface area contributed by atoms with Gasteiger partial charge in [-0.25, -0.2) is 4.79 Å². The van der Waals surface area contributed by atoms with E-state index in [1.165, 1.54) is 0 Å². The predicted molar refractivity (Wildman–Crippen MR) is 55.3 cm³/mol. The minimum Gasteiger partial charge on any atom is -0.377 e. The van der Waals surface area contributed by atoms with Crippen molar-refractivity contribution in [1.29, 1.82) is 0 Å². The number of rotatable bonds is 3. The number of ether oxygens (including phenoxy) is 1. The summed E-state index contributed by atoms with van der Waals surface area (Å²) in [6.45, 7) is 6.24. The van der Waals surface area contributed by atoms with E-state index in [-0.39, 0.29) is 11.6 Å². The third kappa shape index (κ3) is 3.18. The Hall–Kier alpha value is -0.770. The van der Waals surface area contributed by atoms with Gasteiger partial charge in [-0.3, -0.25) is 0 Å². The minimum atomic E-state index is -0.282.